The monoisotopic (exact) mass is 343 g/mol. The maximum absolute atomic E-state index is 12.4. The van der Waals surface area contributed by atoms with E-state index in [2.05, 4.69) is 0 Å². The summed E-state index contributed by atoms with van der Waals surface area (Å²) in [7, 11) is 1.54. The summed E-state index contributed by atoms with van der Waals surface area (Å²) >= 11 is 0. The first-order valence-electron chi connectivity index (χ1n) is 8.14. The minimum Gasteiger partial charge on any atom is -0.481 e. The molecule has 1 aromatic carbocycles. The van der Waals surface area contributed by atoms with Gasteiger partial charge in [-0.15, -0.1) is 0 Å². The Bertz CT molecular complexity index is 693. The number of carboxylic acid groups (broad SMARTS) is 1. The van der Waals surface area contributed by atoms with Crippen LogP contribution in [0.1, 0.15) is 28.8 Å². The fraction of sp³-hybridized carbons (Fsp3) is 0.444. The Labute approximate surface area is 146 Å². The lowest BCUT2D eigenvalue weighted by Crippen LogP contribution is -2.46. The van der Waals surface area contributed by atoms with Crippen LogP contribution in [0.2, 0.25) is 0 Å². The highest BCUT2D eigenvalue weighted by Crippen LogP contribution is 2.17. The number of hydrogen-bond acceptors (Lipinski definition) is 4. The zero-order chi connectivity index (χ0) is 18.4. The van der Waals surface area contributed by atoms with E-state index in [9.17, 15) is 14.4 Å². The summed E-state index contributed by atoms with van der Waals surface area (Å²) < 4.78 is 0. The van der Waals surface area contributed by atoms with Gasteiger partial charge in [0.25, 0.3) is 5.91 Å². The molecule has 1 heterocycles. The standard InChI is InChI=1S/C18H21N3O4/c1-20(17(23)14-6-4-13(5-7-14)8-9-19)12-16(22)21-10-2-3-15(11-21)18(24)25/h4-7,15H,2-3,8,10-12H2,1H3,(H,24,25). The highest BCUT2D eigenvalue weighted by Gasteiger charge is 2.29. The molecule has 0 saturated carbocycles. The largest absolute Gasteiger partial charge is 0.481 e. The van der Waals surface area contributed by atoms with Gasteiger partial charge in [-0.25, -0.2) is 0 Å². The van der Waals surface area contributed by atoms with Gasteiger partial charge in [0.1, 0.15) is 0 Å². The van der Waals surface area contributed by atoms with Crippen LogP contribution in [0.5, 0.6) is 0 Å². The van der Waals surface area contributed by atoms with E-state index in [1.807, 2.05) is 6.07 Å². The fourth-order valence-electron chi connectivity index (χ4n) is 2.86. The van der Waals surface area contributed by atoms with E-state index >= 15 is 0 Å². The number of carbonyl (C=O) groups excluding carboxylic acids is 2. The molecule has 7 nitrogen and oxygen atoms in total. The number of nitrogens with zero attached hydrogens (tertiary/aromatic N) is 3. The number of aliphatic carboxylic acids is 1. The molecule has 1 aromatic rings. The van der Waals surface area contributed by atoms with Gasteiger partial charge in [0.15, 0.2) is 0 Å². The minimum absolute atomic E-state index is 0.0921. The van der Waals surface area contributed by atoms with Crippen molar-refractivity contribution in [2.75, 3.05) is 26.7 Å². The van der Waals surface area contributed by atoms with Crippen LogP contribution < -0.4 is 0 Å². The van der Waals surface area contributed by atoms with Gasteiger partial charge in [0, 0.05) is 25.7 Å². The van der Waals surface area contributed by atoms with Crippen LogP contribution in [0.4, 0.5) is 0 Å². The quantitative estimate of drug-likeness (QED) is 0.864. The first kappa shape index (κ1) is 18.5. The molecule has 2 amide bonds. The van der Waals surface area contributed by atoms with Gasteiger partial charge in [-0.2, -0.15) is 5.26 Å². The normalized spacial score (nSPS) is 16.8. The van der Waals surface area contributed by atoms with Crippen molar-refractivity contribution in [3.63, 3.8) is 0 Å². The zero-order valence-electron chi connectivity index (χ0n) is 14.1. The molecule has 1 unspecified atom stereocenters. The Morgan fingerprint density at radius 2 is 2.00 bits per heavy atom. The van der Waals surface area contributed by atoms with E-state index in [0.717, 1.165) is 5.56 Å². The Morgan fingerprint density at radius 3 is 2.60 bits per heavy atom. The molecule has 1 aliphatic rings. The number of piperidine rings is 1. The number of carboxylic acids is 1. The third-order valence-electron chi connectivity index (χ3n) is 4.33. The Morgan fingerprint density at radius 1 is 1.32 bits per heavy atom. The summed E-state index contributed by atoms with van der Waals surface area (Å²) in [5, 5.41) is 17.8. The van der Waals surface area contributed by atoms with Crippen LogP contribution in [-0.2, 0) is 16.0 Å². The molecule has 0 aliphatic carbocycles. The Hall–Kier alpha value is -2.88. The topological polar surface area (TPSA) is 102 Å². The second kappa shape index (κ2) is 8.29. The predicted octanol–water partition coefficient (Wildman–Crippen LogP) is 1.15. The van der Waals surface area contributed by atoms with Crippen molar-refractivity contribution in [2.24, 2.45) is 5.92 Å². The lowest BCUT2D eigenvalue weighted by atomic mass is 9.98. The molecule has 132 valence electrons. The second-order valence-electron chi connectivity index (χ2n) is 6.21. The number of benzene rings is 1. The number of amides is 2. The average Bonchev–Trinajstić information content (AvgIpc) is 2.62. The van der Waals surface area contributed by atoms with Gasteiger partial charge in [0.05, 0.1) is 25.0 Å². The summed E-state index contributed by atoms with van der Waals surface area (Å²) in [5.41, 5.74) is 1.27. The van der Waals surface area contributed by atoms with Crippen molar-refractivity contribution >= 4 is 17.8 Å². The number of likely N-dealkylation sites (N-methyl/N-ethyl adjacent to an activating group) is 1. The molecule has 0 spiro atoms. The van der Waals surface area contributed by atoms with E-state index in [0.29, 0.717) is 24.9 Å². The first-order valence-corrected chi connectivity index (χ1v) is 8.14. The van der Waals surface area contributed by atoms with Crippen molar-refractivity contribution in [1.29, 1.82) is 5.26 Å². The SMILES string of the molecule is CN(CC(=O)N1CCCC(C(=O)O)C1)C(=O)c1ccc(CC#N)cc1. The summed E-state index contributed by atoms with van der Waals surface area (Å²) in [5.74, 6) is -1.96. The van der Waals surface area contributed by atoms with Crippen LogP contribution in [0.15, 0.2) is 24.3 Å². The van der Waals surface area contributed by atoms with Gasteiger partial charge in [0.2, 0.25) is 5.91 Å². The van der Waals surface area contributed by atoms with Crippen LogP contribution in [0.25, 0.3) is 0 Å². The molecule has 0 bridgehead atoms. The maximum Gasteiger partial charge on any atom is 0.308 e. The summed E-state index contributed by atoms with van der Waals surface area (Å²) in [4.78, 5) is 38.7. The molecule has 1 saturated heterocycles. The summed E-state index contributed by atoms with van der Waals surface area (Å²) in [6, 6.07) is 8.75. The average molecular weight is 343 g/mol. The number of hydrogen-bond donors (Lipinski definition) is 1. The molecule has 1 fully saturated rings. The van der Waals surface area contributed by atoms with Crippen LogP contribution >= 0.6 is 0 Å². The minimum atomic E-state index is -0.889. The zero-order valence-corrected chi connectivity index (χ0v) is 14.1. The maximum atomic E-state index is 12.4. The molecule has 7 heteroatoms. The van der Waals surface area contributed by atoms with Crippen LogP contribution in [-0.4, -0.2) is 59.4 Å². The molecule has 0 aromatic heterocycles. The second-order valence-corrected chi connectivity index (χ2v) is 6.21. The number of likely N-dealkylation sites (tertiary alicyclic amines) is 1. The van der Waals surface area contributed by atoms with Crippen molar-refractivity contribution in [2.45, 2.75) is 19.3 Å². The van der Waals surface area contributed by atoms with Crippen molar-refractivity contribution < 1.29 is 19.5 Å². The van der Waals surface area contributed by atoms with Gasteiger partial charge in [-0.05, 0) is 30.5 Å². The molecule has 1 aliphatic heterocycles. The third kappa shape index (κ3) is 4.80. The van der Waals surface area contributed by atoms with Crippen LogP contribution in [0.3, 0.4) is 0 Å². The molecule has 25 heavy (non-hydrogen) atoms. The van der Waals surface area contributed by atoms with Crippen LogP contribution in [0, 0.1) is 17.2 Å². The fourth-order valence-corrected chi connectivity index (χ4v) is 2.86. The van der Waals surface area contributed by atoms with Crippen molar-refractivity contribution in [1.82, 2.24) is 9.80 Å². The van der Waals surface area contributed by atoms with E-state index < -0.39 is 11.9 Å². The van der Waals surface area contributed by atoms with Gasteiger partial charge < -0.3 is 14.9 Å². The molecular weight excluding hydrogens is 322 g/mol. The summed E-state index contributed by atoms with van der Waals surface area (Å²) in [6.45, 7) is 0.623. The highest BCUT2D eigenvalue weighted by molar-refractivity contribution is 5.96. The lowest BCUT2D eigenvalue weighted by Gasteiger charge is -2.32. The van der Waals surface area contributed by atoms with Crippen molar-refractivity contribution in [3.05, 3.63) is 35.4 Å². The molecule has 1 N–H and O–H groups in total. The smallest absolute Gasteiger partial charge is 0.308 e. The lowest BCUT2D eigenvalue weighted by molar-refractivity contribution is -0.145. The van der Waals surface area contributed by atoms with Gasteiger partial charge in [-0.1, -0.05) is 12.1 Å². The Kier molecular flexibility index (Phi) is 6.12. The van der Waals surface area contributed by atoms with Crippen molar-refractivity contribution in [3.8, 4) is 6.07 Å². The van der Waals surface area contributed by atoms with E-state index in [1.54, 1.807) is 31.3 Å². The van der Waals surface area contributed by atoms with E-state index in [4.69, 9.17) is 10.4 Å². The molecule has 2 rings (SSSR count). The number of rotatable bonds is 5. The van der Waals surface area contributed by atoms with Gasteiger partial charge >= 0.3 is 5.97 Å². The third-order valence-corrected chi connectivity index (χ3v) is 4.33. The predicted molar refractivity (Wildman–Crippen MR) is 89.7 cm³/mol. The summed E-state index contributed by atoms with van der Waals surface area (Å²) in [6.07, 6.45) is 1.51. The van der Waals surface area contributed by atoms with E-state index in [-0.39, 0.29) is 31.3 Å². The van der Waals surface area contributed by atoms with Gasteiger partial charge in [-0.3, -0.25) is 14.4 Å². The molecular formula is C18H21N3O4. The Balaban J connectivity index is 1.94. The molecule has 0 radical (unpaired) electrons. The highest BCUT2D eigenvalue weighted by atomic mass is 16.4. The molecule has 1 atom stereocenters. The number of carbonyl (C=O) groups is 3. The first-order chi connectivity index (χ1) is 11.9. The van der Waals surface area contributed by atoms with E-state index in [1.165, 1.54) is 9.80 Å². The number of nitriles is 1.